The van der Waals surface area contributed by atoms with Gasteiger partial charge in [-0.05, 0) is 41.8 Å². The molecule has 0 saturated carbocycles. The molecule has 0 radical (unpaired) electrons. The van der Waals surface area contributed by atoms with Crippen LogP contribution in [0.2, 0.25) is 0 Å². The van der Waals surface area contributed by atoms with Crippen molar-refractivity contribution >= 4 is 46.7 Å². The first-order chi connectivity index (χ1) is 12.9. The lowest BCUT2D eigenvalue weighted by molar-refractivity contribution is 0.461. The van der Waals surface area contributed by atoms with Crippen LogP contribution in [0, 0.1) is 0 Å². The minimum Gasteiger partial charge on any atom is -0.744 e. The van der Waals surface area contributed by atoms with Crippen molar-refractivity contribution in [2.75, 3.05) is 4.72 Å². The fraction of sp³-hybridized carbons (Fsp3) is 0. The normalized spacial score (nSPS) is 12.8. The first kappa shape index (κ1) is 20.2. The lowest BCUT2D eigenvalue weighted by Gasteiger charge is -2.16. The summed E-state index contributed by atoms with van der Waals surface area (Å²) < 4.78 is 95.2. The van der Waals surface area contributed by atoms with Crippen molar-refractivity contribution in [3.05, 3.63) is 60.7 Å². The first-order valence-corrected chi connectivity index (χ1v) is 11.8. The quantitative estimate of drug-likeness (QED) is 0.582. The van der Waals surface area contributed by atoms with E-state index in [2.05, 4.69) is 4.72 Å². The monoisotopic (exact) mass is 441 g/mol. The van der Waals surface area contributed by atoms with Gasteiger partial charge in [0.15, 0.2) is 0 Å². The number of rotatable bonds is 5. The van der Waals surface area contributed by atoms with Gasteiger partial charge < -0.3 is 9.11 Å². The highest BCUT2D eigenvalue weighted by Gasteiger charge is 2.17. The Morgan fingerprint density at radius 2 is 1.21 bits per heavy atom. The molecule has 148 valence electrons. The summed E-state index contributed by atoms with van der Waals surface area (Å²) in [5.74, 6) is 0. The summed E-state index contributed by atoms with van der Waals surface area (Å²) in [6, 6.07) is 11.8. The van der Waals surface area contributed by atoms with Crippen molar-refractivity contribution in [3.63, 3.8) is 0 Å². The smallest absolute Gasteiger partial charge is 0.261 e. The molecule has 0 aliphatic heterocycles. The molecule has 3 aromatic rings. The summed E-state index contributed by atoms with van der Waals surface area (Å²) in [5.41, 5.74) is -0.259. The predicted octanol–water partition coefficient (Wildman–Crippen LogP) is 1.45. The molecule has 0 atom stereocenters. The summed E-state index contributed by atoms with van der Waals surface area (Å²) >= 11 is 0. The average molecular weight is 441 g/mol. The van der Waals surface area contributed by atoms with Crippen molar-refractivity contribution in [2.45, 2.75) is 14.7 Å². The Hall–Kier alpha value is -2.51. The predicted molar refractivity (Wildman–Crippen MR) is 97.1 cm³/mol. The van der Waals surface area contributed by atoms with Gasteiger partial charge in [-0.15, -0.1) is 0 Å². The lowest BCUT2D eigenvalue weighted by atomic mass is 10.1. The van der Waals surface area contributed by atoms with Gasteiger partial charge in [0.1, 0.15) is 20.2 Å². The summed E-state index contributed by atoms with van der Waals surface area (Å²) in [6.45, 7) is 0. The van der Waals surface area contributed by atoms with Crippen LogP contribution in [0.3, 0.4) is 0 Å². The minimum atomic E-state index is -5.00. The number of nitrogens with one attached hydrogen (secondary N) is 1. The number of sulfonamides is 1. The topological polar surface area (TPSA) is 161 Å². The van der Waals surface area contributed by atoms with Gasteiger partial charge in [0.05, 0.1) is 20.4 Å². The summed E-state index contributed by atoms with van der Waals surface area (Å²) in [7, 11) is -14.0. The maximum atomic E-state index is 12.5. The minimum absolute atomic E-state index is 0.0966. The third-order valence-electron chi connectivity index (χ3n) is 3.77. The molecule has 0 aliphatic carbocycles. The van der Waals surface area contributed by atoms with Gasteiger partial charge in [-0.25, -0.2) is 25.3 Å². The highest BCUT2D eigenvalue weighted by Crippen LogP contribution is 2.31. The summed E-state index contributed by atoms with van der Waals surface area (Å²) in [6.07, 6.45) is 0. The van der Waals surface area contributed by atoms with E-state index in [1.807, 2.05) is 0 Å². The Morgan fingerprint density at radius 1 is 0.643 bits per heavy atom. The molecule has 9 nitrogen and oxygen atoms in total. The molecule has 0 spiro atoms. The van der Waals surface area contributed by atoms with Crippen LogP contribution >= 0.6 is 0 Å². The molecule has 3 rings (SSSR count). The van der Waals surface area contributed by atoms with Gasteiger partial charge in [0.25, 0.3) is 10.0 Å². The molecule has 1 N–H and O–H groups in total. The van der Waals surface area contributed by atoms with E-state index >= 15 is 0 Å². The third-order valence-corrected chi connectivity index (χ3v) is 6.80. The largest absolute Gasteiger partial charge is 0.744 e. The molecule has 0 saturated heterocycles. The second-order valence-electron chi connectivity index (χ2n) is 5.68. The molecule has 0 aromatic heterocycles. The van der Waals surface area contributed by atoms with E-state index < -0.39 is 40.1 Å². The van der Waals surface area contributed by atoms with E-state index in [9.17, 15) is 34.4 Å². The van der Waals surface area contributed by atoms with E-state index in [1.54, 1.807) is 6.07 Å². The van der Waals surface area contributed by atoms with Crippen LogP contribution < -0.4 is 4.72 Å². The average Bonchev–Trinajstić information content (AvgIpc) is 2.60. The molecular weight excluding hydrogens is 430 g/mol. The molecule has 0 unspecified atom stereocenters. The van der Waals surface area contributed by atoms with E-state index in [1.165, 1.54) is 24.3 Å². The number of hydrogen-bond acceptors (Lipinski definition) is 8. The van der Waals surface area contributed by atoms with Gasteiger partial charge >= 0.3 is 0 Å². The highest BCUT2D eigenvalue weighted by atomic mass is 32.2. The van der Waals surface area contributed by atoms with Crippen molar-refractivity contribution in [3.8, 4) is 0 Å². The molecule has 0 heterocycles. The Morgan fingerprint density at radius 3 is 1.79 bits per heavy atom. The fourth-order valence-electron chi connectivity index (χ4n) is 2.51. The summed E-state index contributed by atoms with van der Waals surface area (Å²) in [5, 5.41) is -0.0149. The Balaban J connectivity index is 2.26. The molecule has 0 amide bonds. The van der Waals surface area contributed by atoms with Crippen molar-refractivity contribution in [1.29, 1.82) is 0 Å². The highest BCUT2D eigenvalue weighted by molar-refractivity contribution is 7.92. The van der Waals surface area contributed by atoms with E-state index in [-0.39, 0.29) is 21.4 Å². The van der Waals surface area contributed by atoms with Crippen LogP contribution in [0.5, 0.6) is 0 Å². The Bertz CT molecular complexity index is 1380. The standard InChI is InChI=1S/C16H13NO8S3/c18-26(19,12-4-2-1-3-5-12)17-16-10-14(28(23,24)25)9-11-8-13(27(20,21)22)6-7-15(11)16/h1-10,17H,(H,20,21,22)(H,23,24,25)/p-2. The van der Waals surface area contributed by atoms with Gasteiger partial charge in [-0.3, -0.25) is 4.72 Å². The number of benzene rings is 3. The van der Waals surface area contributed by atoms with Crippen molar-refractivity contribution in [1.82, 2.24) is 0 Å². The summed E-state index contributed by atoms with van der Waals surface area (Å²) in [4.78, 5) is -1.55. The number of anilines is 1. The van der Waals surface area contributed by atoms with Crippen LogP contribution in [-0.2, 0) is 30.3 Å². The van der Waals surface area contributed by atoms with Crippen LogP contribution in [0.4, 0.5) is 5.69 Å². The second-order valence-corrected chi connectivity index (χ2v) is 10.1. The zero-order valence-corrected chi connectivity index (χ0v) is 16.2. The molecule has 28 heavy (non-hydrogen) atoms. The van der Waals surface area contributed by atoms with Gasteiger partial charge in [0.2, 0.25) is 0 Å². The van der Waals surface area contributed by atoms with E-state index in [4.69, 9.17) is 0 Å². The maximum Gasteiger partial charge on any atom is 0.261 e. The van der Waals surface area contributed by atoms with E-state index in [0.29, 0.717) is 0 Å². The lowest BCUT2D eigenvalue weighted by Crippen LogP contribution is -2.14. The van der Waals surface area contributed by atoms with Gasteiger partial charge in [-0.2, -0.15) is 0 Å². The number of hydrogen-bond donors (Lipinski definition) is 1. The zero-order valence-electron chi connectivity index (χ0n) is 13.8. The van der Waals surface area contributed by atoms with Crippen LogP contribution in [-0.4, -0.2) is 34.4 Å². The van der Waals surface area contributed by atoms with Crippen LogP contribution in [0.15, 0.2) is 75.4 Å². The SMILES string of the molecule is O=S(=O)([O-])c1ccc2c(NS(=O)(=O)c3ccccc3)cc(S(=O)(=O)[O-])cc2c1. The van der Waals surface area contributed by atoms with Crippen LogP contribution in [0.1, 0.15) is 0 Å². The number of fused-ring (bicyclic) bond motifs is 1. The molecule has 0 aliphatic rings. The Labute approximate surface area is 161 Å². The van der Waals surface area contributed by atoms with Gasteiger partial charge in [-0.1, -0.05) is 24.3 Å². The van der Waals surface area contributed by atoms with Crippen molar-refractivity contribution in [2.24, 2.45) is 0 Å². The second kappa shape index (κ2) is 6.83. The molecule has 0 fully saturated rings. The van der Waals surface area contributed by atoms with E-state index in [0.717, 1.165) is 30.3 Å². The molecule has 12 heteroatoms. The third kappa shape index (κ3) is 4.15. The fourth-order valence-corrected chi connectivity index (χ4v) is 4.64. The van der Waals surface area contributed by atoms with Crippen molar-refractivity contribution < 1.29 is 34.4 Å². The molecular formula is C16H11NO8S3-2. The molecule has 0 bridgehead atoms. The van der Waals surface area contributed by atoms with Crippen LogP contribution in [0.25, 0.3) is 10.8 Å². The Kier molecular flexibility index (Phi) is 4.93. The first-order valence-electron chi connectivity index (χ1n) is 7.45. The zero-order chi connectivity index (χ0) is 20.7. The molecule has 3 aromatic carbocycles. The maximum absolute atomic E-state index is 12.5. The van der Waals surface area contributed by atoms with Gasteiger partial charge in [0, 0.05) is 5.39 Å².